The SMILES string of the molecule is CCCOc1ccc(N2C(=O)NC(=O)/C(=C/c3cc(Br)c(OCc4ccc(Cl)cc4Cl)c(OCC)c3)C2=O)cc1. The summed E-state index contributed by atoms with van der Waals surface area (Å²) in [7, 11) is 0. The van der Waals surface area contributed by atoms with Crippen LogP contribution in [0.5, 0.6) is 17.2 Å². The van der Waals surface area contributed by atoms with Crippen LogP contribution in [0.1, 0.15) is 31.4 Å². The molecule has 4 rings (SSSR count). The van der Waals surface area contributed by atoms with E-state index in [0.29, 0.717) is 56.2 Å². The van der Waals surface area contributed by atoms with Gasteiger partial charge in [-0.25, -0.2) is 9.69 Å². The highest BCUT2D eigenvalue weighted by atomic mass is 79.9. The van der Waals surface area contributed by atoms with Crippen molar-refractivity contribution in [3.63, 3.8) is 0 Å². The van der Waals surface area contributed by atoms with Gasteiger partial charge in [-0.2, -0.15) is 0 Å². The Labute approximate surface area is 249 Å². The van der Waals surface area contributed by atoms with Gasteiger partial charge in [0.25, 0.3) is 11.8 Å². The second-order valence-electron chi connectivity index (χ2n) is 8.59. The molecule has 4 amide bonds. The third kappa shape index (κ3) is 6.78. The van der Waals surface area contributed by atoms with E-state index in [-0.39, 0.29) is 12.2 Å². The van der Waals surface area contributed by atoms with Gasteiger partial charge in [0.1, 0.15) is 17.9 Å². The van der Waals surface area contributed by atoms with Crippen molar-refractivity contribution < 1.29 is 28.6 Å². The van der Waals surface area contributed by atoms with Crippen LogP contribution in [0.2, 0.25) is 10.0 Å². The number of carbonyl (C=O) groups excluding carboxylic acids is 3. The summed E-state index contributed by atoms with van der Waals surface area (Å²) < 4.78 is 17.9. The lowest BCUT2D eigenvalue weighted by Crippen LogP contribution is -2.54. The number of carbonyl (C=O) groups is 3. The second kappa shape index (κ2) is 13.2. The third-order valence-corrected chi connectivity index (χ3v) is 6.88. The highest BCUT2D eigenvalue weighted by Crippen LogP contribution is 2.39. The first-order valence-corrected chi connectivity index (χ1v) is 13.9. The number of hydrogen-bond donors (Lipinski definition) is 1. The minimum absolute atomic E-state index is 0.148. The smallest absolute Gasteiger partial charge is 0.335 e. The number of rotatable bonds is 10. The maximum Gasteiger partial charge on any atom is 0.335 e. The summed E-state index contributed by atoms with van der Waals surface area (Å²) in [6, 6.07) is 14.1. The lowest BCUT2D eigenvalue weighted by atomic mass is 10.1. The molecular weight excluding hydrogens is 623 g/mol. The van der Waals surface area contributed by atoms with Crippen LogP contribution in [0.25, 0.3) is 6.08 Å². The number of anilines is 1. The third-order valence-electron chi connectivity index (χ3n) is 5.70. The van der Waals surface area contributed by atoms with Crippen LogP contribution in [-0.2, 0) is 16.2 Å². The molecule has 8 nitrogen and oxygen atoms in total. The van der Waals surface area contributed by atoms with Crippen molar-refractivity contribution in [3.8, 4) is 17.2 Å². The fourth-order valence-electron chi connectivity index (χ4n) is 3.83. The van der Waals surface area contributed by atoms with Crippen LogP contribution < -0.4 is 24.4 Å². The number of hydrogen-bond acceptors (Lipinski definition) is 6. The summed E-state index contributed by atoms with van der Waals surface area (Å²) in [6.45, 7) is 4.84. The molecule has 1 N–H and O–H groups in total. The van der Waals surface area contributed by atoms with Crippen molar-refractivity contribution in [2.24, 2.45) is 0 Å². The second-order valence-corrected chi connectivity index (χ2v) is 10.3. The first-order valence-electron chi connectivity index (χ1n) is 12.4. The maximum atomic E-state index is 13.3. The molecule has 0 aromatic heterocycles. The van der Waals surface area contributed by atoms with Crippen LogP contribution in [0.3, 0.4) is 0 Å². The predicted molar refractivity (Wildman–Crippen MR) is 157 cm³/mol. The number of halogens is 3. The van der Waals surface area contributed by atoms with E-state index < -0.39 is 17.8 Å². The Balaban J connectivity index is 1.62. The lowest BCUT2D eigenvalue weighted by Gasteiger charge is -2.26. The standard InChI is InChI=1S/C29H25BrCl2N2O6/c1-3-11-39-21-9-7-20(8-10-21)34-28(36)22(27(35)33-29(34)37)12-17-13-23(30)26(25(14-17)38-4-2)40-16-18-5-6-19(31)15-24(18)32/h5-10,12-15H,3-4,11,16H2,1-2H3,(H,33,35,37)/b22-12-. The highest BCUT2D eigenvalue weighted by molar-refractivity contribution is 9.10. The van der Waals surface area contributed by atoms with E-state index in [4.69, 9.17) is 37.4 Å². The van der Waals surface area contributed by atoms with E-state index in [9.17, 15) is 14.4 Å². The van der Waals surface area contributed by atoms with Gasteiger partial charge in [-0.3, -0.25) is 14.9 Å². The number of nitrogens with zero attached hydrogens (tertiary/aromatic N) is 1. The minimum atomic E-state index is -0.838. The average molecular weight is 648 g/mol. The molecule has 0 atom stereocenters. The Kier molecular flexibility index (Phi) is 9.73. The van der Waals surface area contributed by atoms with Gasteiger partial charge in [0, 0.05) is 15.6 Å². The normalized spacial score (nSPS) is 14.4. The van der Waals surface area contributed by atoms with E-state index in [2.05, 4.69) is 21.2 Å². The molecule has 0 radical (unpaired) electrons. The number of amides is 4. The summed E-state index contributed by atoms with van der Waals surface area (Å²) >= 11 is 15.8. The van der Waals surface area contributed by atoms with Crippen LogP contribution in [0.4, 0.5) is 10.5 Å². The molecule has 3 aromatic rings. The summed E-state index contributed by atoms with van der Waals surface area (Å²) in [5, 5.41) is 3.21. The molecule has 1 fully saturated rings. The Morgan fingerprint density at radius 2 is 1.70 bits per heavy atom. The van der Waals surface area contributed by atoms with E-state index in [1.165, 1.54) is 6.08 Å². The van der Waals surface area contributed by atoms with Gasteiger partial charge < -0.3 is 14.2 Å². The van der Waals surface area contributed by atoms with Gasteiger partial charge in [-0.1, -0.05) is 36.2 Å². The van der Waals surface area contributed by atoms with Crippen LogP contribution in [0.15, 0.2) is 64.6 Å². The summed E-state index contributed by atoms with van der Waals surface area (Å²) in [6.07, 6.45) is 2.24. The number of benzene rings is 3. The summed E-state index contributed by atoms with van der Waals surface area (Å²) in [5.74, 6) is -0.162. The quantitative estimate of drug-likeness (QED) is 0.185. The molecule has 1 heterocycles. The Morgan fingerprint density at radius 1 is 0.950 bits per heavy atom. The molecule has 0 saturated carbocycles. The molecule has 208 valence electrons. The fourth-order valence-corrected chi connectivity index (χ4v) is 4.87. The number of nitrogens with one attached hydrogen (secondary N) is 1. The molecule has 0 aliphatic carbocycles. The molecule has 0 bridgehead atoms. The van der Waals surface area contributed by atoms with Crippen LogP contribution in [-0.4, -0.2) is 31.1 Å². The van der Waals surface area contributed by atoms with Gasteiger partial charge >= 0.3 is 6.03 Å². The minimum Gasteiger partial charge on any atom is -0.494 e. The molecule has 1 aliphatic heterocycles. The van der Waals surface area contributed by atoms with Gasteiger partial charge in [-0.15, -0.1) is 0 Å². The van der Waals surface area contributed by atoms with E-state index >= 15 is 0 Å². The van der Waals surface area contributed by atoms with E-state index in [1.807, 2.05) is 13.8 Å². The zero-order valence-corrected chi connectivity index (χ0v) is 24.7. The van der Waals surface area contributed by atoms with Crippen molar-refractivity contribution >= 4 is 68.7 Å². The Hall–Kier alpha value is -3.53. The lowest BCUT2D eigenvalue weighted by molar-refractivity contribution is -0.122. The van der Waals surface area contributed by atoms with Gasteiger partial charge in [-0.05, 0) is 89.4 Å². The predicted octanol–water partition coefficient (Wildman–Crippen LogP) is 7.19. The number of urea groups is 1. The molecule has 11 heteroatoms. The van der Waals surface area contributed by atoms with Crippen LogP contribution in [0, 0.1) is 0 Å². The molecular formula is C29H25BrCl2N2O6. The fraction of sp³-hybridized carbons (Fsp3) is 0.207. The van der Waals surface area contributed by atoms with E-state index in [0.717, 1.165) is 16.9 Å². The number of imide groups is 2. The molecule has 0 unspecified atom stereocenters. The Bertz CT molecular complexity index is 1480. The van der Waals surface area contributed by atoms with Gasteiger partial charge in [0.2, 0.25) is 0 Å². The topological polar surface area (TPSA) is 94.2 Å². The largest absolute Gasteiger partial charge is 0.494 e. The average Bonchev–Trinajstić information content (AvgIpc) is 2.91. The molecule has 1 saturated heterocycles. The zero-order valence-electron chi connectivity index (χ0n) is 21.6. The summed E-state index contributed by atoms with van der Waals surface area (Å²) in [4.78, 5) is 39.5. The summed E-state index contributed by atoms with van der Waals surface area (Å²) in [5.41, 5.74) is 1.28. The highest BCUT2D eigenvalue weighted by Gasteiger charge is 2.37. The van der Waals surface area contributed by atoms with Crippen molar-refractivity contribution in [1.82, 2.24) is 5.32 Å². The van der Waals surface area contributed by atoms with Crippen molar-refractivity contribution in [1.29, 1.82) is 0 Å². The molecule has 1 aliphatic rings. The zero-order chi connectivity index (χ0) is 28.8. The first kappa shape index (κ1) is 29.5. The van der Waals surface area contributed by atoms with Gasteiger partial charge in [0.15, 0.2) is 11.5 Å². The maximum absolute atomic E-state index is 13.3. The molecule has 0 spiro atoms. The van der Waals surface area contributed by atoms with Gasteiger partial charge in [0.05, 0.1) is 23.4 Å². The number of ether oxygens (including phenoxy) is 3. The Morgan fingerprint density at radius 3 is 2.38 bits per heavy atom. The molecule has 3 aromatic carbocycles. The van der Waals surface area contributed by atoms with Crippen LogP contribution >= 0.6 is 39.1 Å². The molecule has 40 heavy (non-hydrogen) atoms. The van der Waals surface area contributed by atoms with E-state index in [1.54, 1.807) is 54.6 Å². The monoisotopic (exact) mass is 646 g/mol. The number of barbiturate groups is 1. The van der Waals surface area contributed by atoms with Crippen molar-refractivity contribution in [2.45, 2.75) is 26.9 Å². The first-order chi connectivity index (χ1) is 19.2. The van der Waals surface area contributed by atoms with Crippen molar-refractivity contribution in [3.05, 3.63) is 85.8 Å². The van der Waals surface area contributed by atoms with Crippen molar-refractivity contribution in [2.75, 3.05) is 18.1 Å².